The number of thiazole rings is 1. The molecule has 2 amide bonds. The number of pyridine rings is 1. The molecule has 1 atom stereocenters. The molecular weight excluding hydrogens is 516 g/mol. The van der Waals surface area contributed by atoms with E-state index < -0.39 is 12.1 Å². The molecule has 0 aliphatic rings. The van der Waals surface area contributed by atoms with Gasteiger partial charge < -0.3 is 19.5 Å². The van der Waals surface area contributed by atoms with E-state index in [1.54, 1.807) is 54.4 Å². The molecule has 39 heavy (non-hydrogen) atoms. The van der Waals surface area contributed by atoms with Crippen LogP contribution in [0, 0.1) is 5.92 Å². The van der Waals surface area contributed by atoms with E-state index in [-0.39, 0.29) is 30.1 Å². The third-order valence-electron chi connectivity index (χ3n) is 6.13. The van der Waals surface area contributed by atoms with Crippen LogP contribution in [0.15, 0.2) is 53.5 Å². The van der Waals surface area contributed by atoms with Crippen molar-refractivity contribution < 1.29 is 19.1 Å². The number of methoxy groups -OCH3 is 1. The number of alkyl carbamates (subject to hydrolysis) is 1. The molecule has 0 saturated carbocycles. The van der Waals surface area contributed by atoms with Crippen molar-refractivity contribution in [3.63, 3.8) is 0 Å². The zero-order chi connectivity index (χ0) is 28.5. The fourth-order valence-electron chi connectivity index (χ4n) is 4.13. The lowest BCUT2D eigenvalue weighted by Crippen LogP contribution is -2.42. The molecule has 0 bridgehead atoms. The Morgan fingerprint density at radius 3 is 2.59 bits per heavy atom. The summed E-state index contributed by atoms with van der Waals surface area (Å²) < 4.78 is 7.36. The van der Waals surface area contributed by atoms with Crippen LogP contribution >= 0.6 is 11.3 Å². The fraction of sp³-hybridized carbons (Fsp3) is 0.414. The minimum Gasteiger partial charge on any atom is -0.453 e. The van der Waals surface area contributed by atoms with Gasteiger partial charge in [-0.05, 0) is 49.0 Å². The quantitative estimate of drug-likeness (QED) is 0.341. The Bertz CT molecular complexity index is 1410. The number of aromatic nitrogens is 2. The number of likely N-dealkylation sites (N-methyl/N-ethyl adjacent to an activating group) is 1. The molecule has 0 aliphatic heterocycles. The van der Waals surface area contributed by atoms with Gasteiger partial charge in [0.25, 0.3) is 5.56 Å². The van der Waals surface area contributed by atoms with Crippen LogP contribution in [0.2, 0.25) is 0 Å². The van der Waals surface area contributed by atoms with Gasteiger partial charge in [-0.2, -0.15) is 0 Å². The average molecular weight is 553 g/mol. The number of carbonyl (C=O) groups excluding carboxylic acids is 3. The maximum absolute atomic E-state index is 13.3. The summed E-state index contributed by atoms with van der Waals surface area (Å²) in [4.78, 5) is 56.2. The van der Waals surface area contributed by atoms with Gasteiger partial charge in [0.15, 0.2) is 5.78 Å². The van der Waals surface area contributed by atoms with Gasteiger partial charge in [-0.3, -0.25) is 14.4 Å². The van der Waals surface area contributed by atoms with Crippen LogP contribution in [-0.2, 0) is 33.7 Å². The summed E-state index contributed by atoms with van der Waals surface area (Å²) in [7, 11) is 4.51. The fourth-order valence-corrected chi connectivity index (χ4v) is 5.22. The molecule has 2 heterocycles. The topological polar surface area (TPSA) is 111 Å². The van der Waals surface area contributed by atoms with Crippen molar-refractivity contribution in [2.45, 2.75) is 52.1 Å². The number of ketones is 1. The van der Waals surface area contributed by atoms with Crippen molar-refractivity contribution in [3.05, 3.63) is 75.2 Å². The van der Waals surface area contributed by atoms with Gasteiger partial charge in [-0.1, -0.05) is 38.1 Å². The van der Waals surface area contributed by atoms with Crippen LogP contribution in [0.1, 0.15) is 42.8 Å². The van der Waals surface area contributed by atoms with Crippen LogP contribution in [0.25, 0.3) is 10.2 Å². The second-order valence-electron chi connectivity index (χ2n) is 9.98. The lowest BCUT2D eigenvalue weighted by Gasteiger charge is -2.16. The Kier molecular flexibility index (Phi) is 10.6. The van der Waals surface area contributed by atoms with Crippen LogP contribution in [0.3, 0.4) is 0 Å². The predicted molar refractivity (Wildman–Crippen MR) is 153 cm³/mol. The summed E-state index contributed by atoms with van der Waals surface area (Å²) >= 11 is 1.59. The minimum absolute atomic E-state index is 0.146. The van der Waals surface area contributed by atoms with Crippen LogP contribution < -0.4 is 10.9 Å². The molecule has 0 unspecified atom stereocenters. The highest BCUT2D eigenvalue weighted by molar-refractivity contribution is 7.18. The molecule has 3 rings (SSSR count). The van der Waals surface area contributed by atoms with E-state index in [4.69, 9.17) is 4.98 Å². The third-order valence-corrected chi connectivity index (χ3v) is 7.26. The van der Waals surface area contributed by atoms with Crippen LogP contribution in [0.4, 0.5) is 4.79 Å². The van der Waals surface area contributed by atoms with Gasteiger partial charge >= 0.3 is 6.09 Å². The Morgan fingerprint density at radius 1 is 1.15 bits per heavy atom. The molecule has 208 valence electrons. The summed E-state index contributed by atoms with van der Waals surface area (Å²) in [5, 5.41) is 3.36. The maximum atomic E-state index is 13.3. The van der Waals surface area contributed by atoms with Gasteiger partial charge in [0.05, 0.1) is 29.9 Å². The molecular formula is C29H36N4O5S. The first-order valence-electron chi connectivity index (χ1n) is 12.9. The number of ether oxygens (including phenoxy) is 1. The molecule has 1 N–H and O–H groups in total. The summed E-state index contributed by atoms with van der Waals surface area (Å²) in [5.74, 6) is 0.0286. The summed E-state index contributed by atoms with van der Waals surface area (Å²) in [6, 6.07) is 8.61. The van der Waals surface area contributed by atoms with Crippen molar-refractivity contribution in [1.82, 2.24) is 19.8 Å². The normalized spacial score (nSPS) is 12.2. The summed E-state index contributed by atoms with van der Waals surface area (Å²) in [6.07, 6.45) is 5.48. The molecule has 0 radical (unpaired) electrons. The Hall–Kier alpha value is -3.79. The highest BCUT2D eigenvalue weighted by Crippen LogP contribution is 2.28. The van der Waals surface area contributed by atoms with Gasteiger partial charge in [0.2, 0.25) is 5.91 Å². The van der Waals surface area contributed by atoms with Gasteiger partial charge in [0.1, 0.15) is 5.01 Å². The van der Waals surface area contributed by atoms with E-state index in [2.05, 4.69) is 30.0 Å². The maximum Gasteiger partial charge on any atom is 0.407 e. The molecule has 10 heteroatoms. The van der Waals surface area contributed by atoms with Crippen molar-refractivity contribution in [1.29, 1.82) is 0 Å². The zero-order valence-electron chi connectivity index (χ0n) is 23.1. The monoisotopic (exact) mass is 552 g/mol. The predicted octanol–water partition coefficient (Wildman–Crippen LogP) is 3.97. The molecule has 1 aromatic carbocycles. The molecule has 0 fully saturated rings. The average Bonchev–Trinajstić information content (AvgIpc) is 3.31. The van der Waals surface area contributed by atoms with Crippen LogP contribution in [-0.4, -0.2) is 59.5 Å². The molecule has 0 aliphatic carbocycles. The van der Waals surface area contributed by atoms with Crippen molar-refractivity contribution in [2.75, 3.05) is 21.2 Å². The van der Waals surface area contributed by atoms with Crippen LogP contribution in [0.5, 0.6) is 0 Å². The standard InChI is InChI=1S/C29H36N4O5S/c1-19(2)16-20-10-8-13-23-27(20)39-25(30-23)18-33-15-9-11-21(28(33)36)17-24(34)22(31-29(37)38-5)12-6-7-14-26(35)32(3)4/h7-11,13-15,19,22H,6,12,16-18H2,1-5H3,(H,31,37)/b14-7+/t22-/m0/s1. The number of benzene rings is 1. The second kappa shape index (κ2) is 13.8. The van der Waals surface area contributed by atoms with Gasteiger partial charge in [-0.25, -0.2) is 9.78 Å². The van der Waals surface area contributed by atoms with E-state index >= 15 is 0 Å². The number of carbonyl (C=O) groups is 3. The minimum atomic E-state index is -0.867. The Labute approximate surface area is 232 Å². The first-order valence-corrected chi connectivity index (χ1v) is 13.7. The third kappa shape index (κ3) is 8.35. The lowest BCUT2D eigenvalue weighted by atomic mass is 10.0. The highest BCUT2D eigenvalue weighted by Gasteiger charge is 2.22. The number of nitrogens with one attached hydrogen (secondary N) is 1. The molecule has 0 saturated heterocycles. The van der Waals surface area contributed by atoms with E-state index in [0.717, 1.165) is 21.6 Å². The number of Topliss-reactive ketones (excluding diaryl/α,β-unsaturated/α-hetero) is 1. The number of nitrogens with zero attached hydrogens (tertiary/aromatic N) is 3. The van der Waals surface area contributed by atoms with Crippen molar-refractivity contribution in [2.24, 2.45) is 5.92 Å². The zero-order valence-corrected chi connectivity index (χ0v) is 23.9. The van der Waals surface area contributed by atoms with E-state index in [1.165, 1.54) is 23.6 Å². The van der Waals surface area contributed by atoms with E-state index in [0.29, 0.717) is 24.4 Å². The van der Waals surface area contributed by atoms with E-state index in [1.807, 2.05) is 12.1 Å². The number of amides is 2. The number of fused-ring (bicyclic) bond motifs is 1. The summed E-state index contributed by atoms with van der Waals surface area (Å²) in [6.45, 7) is 4.67. The smallest absolute Gasteiger partial charge is 0.407 e. The first-order chi connectivity index (χ1) is 18.6. The van der Waals surface area contributed by atoms with E-state index in [9.17, 15) is 19.2 Å². The SMILES string of the molecule is COC(=O)N[C@@H](CC/C=C/C(=O)N(C)C)C(=O)Cc1cccn(Cc2nc3cccc(CC(C)C)c3s2)c1=O. The molecule has 9 nitrogen and oxygen atoms in total. The lowest BCUT2D eigenvalue weighted by molar-refractivity contribution is -0.123. The molecule has 2 aromatic heterocycles. The largest absolute Gasteiger partial charge is 0.453 e. The molecule has 0 spiro atoms. The number of allylic oxidation sites excluding steroid dienone is 1. The van der Waals surface area contributed by atoms with Gasteiger partial charge in [0, 0.05) is 32.3 Å². The molecule has 3 aromatic rings. The number of hydrogen-bond acceptors (Lipinski definition) is 7. The number of rotatable bonds is 12. The second-order valence-corrected chi connectivity index (χ2v) is 11.1. The highest BCUT2D eigenvalue weighted by atomic mass is 32.1. The summed E-state index contributed by atoms with van der Waals surface area (Å²) in [5.41, 5.74) is 2.23. The Balaban J connectivity index is 1.75. The Morgan fingerprint density at radius 2 is 1.90 bits per heavy atom. The van der Waals surface area contributed by atoms with Crippen molar-refractivity contribution >= 4 is 39.3 Å². The first kappa shape index (κ1) is 29.8. The van der Waals surface area contributed by atoms with Crippen molar-refractivity contribution in [3.8, 4) is 0 Å². The van der Waals surface area contributed by atoms with Gasteiger partial charge in [-0.15, -0.1) is 11.3 Å². The number of hydrogen-bond donors (Lipinski definition) is 1.